The molecule has 3 aromatic rings. The predicted molar refractivity (Wildman–Crippen MR) is 213 cm³/mol. The Labute approximate surface area is 354 Å². The number of hydroxylamine groups is 1. The Bertz CT molecular complexity index is 2030. The maximum Gasteiger partial charge on any atom is 0.277 e. The van der Waals surface area contributed by atoms with Crippen molar-refractivity contribution in [2.75, 3.05) is 103 Å². The smallest absolute Gasteiger partial charge is 0.277 e. The lowest BCUT2D eigenvalue weighted by Crippen LogP contribution is -2.54. The third-order valence-electron chi connectivity index (χ3n) is 9.24. The molecule has 1 atom stereocenters. The van der Waals surface area contributed by atoms with Crippen LogP contribution in [0, 0.1) is 23.3 Å². The lowest BCUT2D eigenvalue weighted by Gasteiger charge is -2.27. The summed E-state index contributed by atoms with van der Waals surface area (Å²) in [6.07, 6.45) is 0.623. The van der Waals surface area contributed by atoms with E-state index in [-0.39, 0.29) is 41.8 Å². The summed E-state index contributed by atoms with van der Waals surface area (Å²) in [7, 11) is 0. The first-order valence-electron chi connectivity index (χ1n) is 19.9. The summed E-state index contributed by atoms with van der Waals surface area (Å²) in [6.45, 7) is 5.24. The van der Waals surface area contributed by atoms with E-state index in [0.717, 1.165) is 29.2 Å². The molecule has 62 heavy (non-hydrogen) atoms. The van der Waals surface area contributed by atoms with Crippen molar-refractivity contribution < 1.29 is 70.1 Å². The SMILES string of the molecule is O=C1CCC(N2C(=O)c3cccc(NCCOCCOCCOCCOCCOCCNCCCONC(=O)c4ccc(F)c(F)c4Nc4ccc(F)cc4F)c3C2=O)C(=O)N1. The number of fused-ring (bicyclic) bond motifs is 1. The van der Waals surface area contributed by atoms with Crippen molar-refractivity contribution in [3.8, 4) is 0 Å². The number of nitrogens with one attached hydrogen (secondary N) is 5. The zero-order valence-corrected chi connectivity index (χ0v) is 33.7. The minimum atomic E-state index is -1.42. The zero-order valence-electron chi connectivity index (χ0n) is 33.7. The number of ether oxygens (including phenoxy) is 5. The number of imide groups is 2. The molecule has 0 aliphatic carbocycles. The minimum absolute atomic E-state index is 0.0456. The van der Waals surface area contributed by atoms with E-state index in [9.17, 15) is 41.5 Å². The van der Waals surface area contributed by atoms with Crippen molar-refractivity contribution in [1.82, 2.24) is 21.0 Å². The molecule has 1 saturated heterocycles. The minimum Gasteiger partial charge on any atom is -0.382 e. The number of carbonyl (C=O) groups is 5. The highest BCUT2D eigenvalue weighted by molar-refractivity contribution is 6.25. The Balaban J connectivity index is 0.789. The van der Waals surface area contributed by atoms with Crippen LogP contribution in [0.15, 0.2) is 48.5 Å². The fourth-order valence-electron chi connectivity index (χ4n) is 6.20. The second-order valence-corrected chi connectivity index (χ2v) is 13.6. The molecule has 5 rings (SSSR count). The maximum absolute atomic E-state index is 14.5. The van der Waals surface area contributed by atoms with E-state index in [4.69, 9.17) is 28.5 Å². The van der Waals surface area contributed by atoms with Gasteiger partial charge in [0.1, 0.15) is 17.7 Å². The van der Waals surface area contributed by atoms with Crippen LogP contribution >= 0.6 is 0 Å². The Morgan fingerprint density at radius 2 is 1.37 bits per heavy atom. The number of anilines is 3. The molecule has 5 amide bonds. The molecule has 0 bridgehead atoms. The molecule has 0 saturated carbocycles. The monoisotopic (exact) mass is 876 g/mol. The number of carbonyl (C=O) groups excluding carboxylic acids is 5. The van der Waals surface area contributed by atoms with Gasteiger partial charge < -0.3 is 39.6 Å². The number of benzene rings is 3. The third-order valence-corrected chi connectivity index (χ3v) is 9.24. The van der Waals surface area contributed by atoms with E-state index >= 15 is 0 Å². The van der Waals surface area contributed by atoms with Crippen LogP contribution in [0.2, 0.25) is 0 Å². The Hall–Kier alpha value is -5.55. The van der Waals surface area contributed by atoms with Gasteiger partial charge in [-0.25, -0.2) is 23.0 Å². The average Bonchev–Trinajstić information content (AvgIpc) is 3.50. The highest BCUT2D eigenvalue weighted by atomic mass is 19.2. The number of piperidine rings is 1. The summed E-state index contributed by atoms with van der Waals surface area (Å²) in [5.41, 5.74) is 1.63. The molecular formula is C41H48F4N6O11. The van der Waals surface area contributed by atoms with E-state index < -0.39 is 64.5 Å². The van der Waals surface area contributed by atoms with Crippen molar-refractivity contribution in [2.24, 2.45) is 0 Å². The summed E-state index contributed by atoms with van der Waals surface area (Å²) in [5, 5.41) is 10.7. The number of amides is 5. The Morgan fingerprint density at radius 3 is 2.03 bits per heavy atom. The van der Waals surface area contributed by atoms with Crippen LogP contribution in [-0.2, 0) is 38.1 Å². The van der Waals surface area contributed by atoms with Crippen LogP contribution in [0.1, 0.15) is 50.3 Å². The van der Waals surface area contributed by atoms with Gasteiger partial charge in [0.2, 0.25) is 11.8 Å². The molecule has 2 aliphatic heterocycles. The second-order valence-electron chi connectivity index (χ2n) is 13.6. The number of halogens is 4. The van der Waals surface area contributed by atoms with Gasteiger partial charge in [-0.15, -0.1) is 0 Å². The van der Waals surface area contributed by atoms with E-state index in [0.29, 0.717) is 104 Å². The number of rotatable bonds is 28. The van der Waals surface area contributed by atoms with Crippen molar-refractivity contribution in [2.45, 2.75) is 25.3 Å². The number of nitrogens with zero attached hydrogens (tertiary/aromatic N) is 1. The molecule has 17 nitrogen and oxygen atoms in total. The zero-order chi connectivity index (χ0) is 44.3. The highest BCUT2D eigenvalue weighted by Gasteiger charge is 2.45. The predicted octanol–water partition coefficient (Wildman–Crippen LogP) is 3.22. The summed E-state index contributed by atoms with van der Waals surface area (Å²) in [6, 6.07) is 8.03. The molecule has 2 aliphatic rings. The topological polar surface area (TPSA) is 204 Å². The Morgan fingerprint density at radius 1 is 0.710 bits per heavy atom. The first kappa shape index (κ1) is 47.5. The highest BCUT2D eigenvalue weighted by Crippen LogP contribution is 2.32. The van der Waals surface area contributed by atoms with Crippen molar-refractivity contribution in [3.63, 3.8) is 0 Å². The van der Waals surface area contributed by atoms with Gasteiger partial charge in [-0.1, -0.05) is 6.07 Å². The molecule has 21 heteroatoms. The van der Waals surface area contributed by atoms with Crippen molar-refractivity contribution >= 4 is 46.6 Å². The average molecular weight is 877 g/mol. The molecule has 0 radical (unpaired) electrons. The first-order chi connectivity index (χ1) is 30.1. The molecule has 3 aromatic carbocycles. The lowest BCUT2D eigenvalue weighted by molar-refractivity contribution is -0.136. The number of hydrogen-bond acceptors (Lipinski definition) is 14. The Kier molecular flexibility index (Phi) is 19.0. The van der Waals surface area contributed by atoms with Gasteiger partial charge in [-0.3, -0.25) is 39.0 Å². The standard InChI is InChI=1S/C41H48F4N6O11/c42-26-5-8-31(30(44)25-26)48-37-28(6-7-29(43)36(37)45)38(53)50-62-14-2-11-46-12-15-57-17-19-59-21-23-61-24-22-60-20-18-58-16-13-47-32-4-1-3-27-35(32)41(56)51(40(27)55)33-9-10-34(52)49-39(33)54/h1,3-8,25,33,46-48H,2,9-24H2,(H,50,53)(H,49,52,54). The molecule has 336 valence electrons. The molecule has 1 fully saturated rings. The molecule has 0 aromatic heterocycles. The van der Waals surface area contributed by atoms with E-state index in [2.05, 4.69) is 26.7 Å². The van der Waals surface area contributed by atoms with Crippen molar-refractivity contribution in [3.05, 3.63) is 88.5 Å². The quantitative estimate of drug-likeness (QED) is 0.0308. The van der Waals surface area contributed by atoms with E-state index in [1.807, 2.05) is 0 Å². The van der Waals surface area contributed by atoms with Crippen molar-refractivity contribution in [1.29, 1.82) is 0 Å². The van der Waals surface area contributed by atoms with Crippen LogP contribution < -0.4 is 26.7 Å². The maximum atomic E-state index is 14.5. The lowest BCUT2D eigenvalue weighted by atomic mass is 10.0. The van der Waals surface area contributed by atoms with Gasteiger partial charge in [0.25, 0.3) is 17.7 Å². The number of hydrogen-bond donors (Lipinski definition) is 5. The van der Waals surface area contributed by atoms with Gasteiger partial charge in [0.05, 0.1) is 101 Å². The van der Waals surface area contributed by atoms with Gasteiger partial charge in [0, 0.05) is 31.3 Å². The summed E-state index contributed by atoms with van der Waals surface area (Å²) in [4.78, 5) is 68.6. The normalized spacial score (nSPS) is 14.9. The molecule has 0 spiro atoms. The van der Waals surface area contributed by atoms with Gasteiger partial charge in [-0.2, -0.15) is 0 Å². The fourth-order valence-corrected chi connectivity index (χ4v) is 6.20. The first-order valence-corrected chi connectivity index (χ1v) is 19.9. The van der Waals surface area contributed by atoms with Crippen LogP contribution in [0.4, 0.5) is 34.6 Å². The van der Waals surface area contributed by atoms with Crippen LogP contribution in [0.3, 0.4) is 0 Å². The summed E-state index contributed by atoms with van der Waals surface area (Å²) < 4.78 is 83.2. The van der Waals surface area contributed by atoms with Gasteiger partial charge in [-0.05, 0) is 55.8 Å². The summed E-state index contributed by atoms with van der Waals surface area (Å²) in [5.74, 6) is -7.77. The van der Waals surface area contributed by atoms with Crippen LogP contribution in [0.5, 0.6) is 0 Å². The van der Waals surface area contributed by atoms with Crippen LogP contribution in [-0.4, -0.2) is 133 Å². The molecule has 2 heterocycles. The summed E-state index contributed by atoms with van der Waals surface area (Å²) >= 11 is 0. The fraction of sp³-hybridized carbons (Fsp3) is 0.439. The third kappa shape index (κ3) is 13.7. The molecule has 5 N–H and O–H groups in total. The van der Waals surface area contributed by atoms with E-state index in [1.165, 1.54) is 6.07 Å². The van der Waals surface area contributed by atoms with E-state index in [1.54, 1.807) is 12.1 Å². The largest absolute Gasteiger partial charge is 0.382 e. The molecular weight excluding hydrogens is 828 g/mol. The molecule has 1 unspecified atom stereocenters. The van der Waals surface area contributed by atoms with Gasteiger partial charge >= 0.3 is 0 Å². The van der Waals surface area contributed by atoms with Gasteiger partial charge in [0.15, 0.2) is 11.6 Å². The second kappa shape index (κ2) is 24.8. The van der Waals surface area contributed by atoms with Crippen LogP contribution in [0.25, 0.3) is 0 Å².